The molecule has 0 bridgehead atoms. The number of benzene rings is 2. The van der Waals surface area contributed by atoms with Gasteiger partial charge in [0.15, 0.2) is 0 Å². The Hall–Kier alpha value is -1.97. The summed E-state index contributed by atoms with van der Waals surface area (Å²) in [4.78, 5) is 4.64. The van der Waals surface area contributed by atoms with E-state index in [9.17, 15) is 0 Å². The number of nitrogens with one attached hydrogen (secondary N) is 1. The first kappa shape index (κ1) is 14.0. The Morgan fingerprint density at radius 1 is 0.952 bits per heavy atom. The van der Waals surface area contributed by atoms with Crippen LogP contribution in [0.4, 0.5) is 0 Å². The zero-order valence-electron chi connectivity index (χ0n) is 12.0. The van der Waals surface area contributed by atoms with Crippen molar-refractivity contribution >= 4 is 11.3 Å². The maximum Gasteiger partial charge on any atom is 0.107 e. The molecule has 3 heteroatoms. The smallest absolute Gasteiger partial charge is 0.107 e. The Balaban J connectivity index is 1.74. The minimum atomic E-state index is 0.830. The fourth-order valence-corrected chi connectivity index (χ4v) is 3.12. The Labute approximate surface area is 129 Å². The third kappa shape index (κ3) is 3.57. The van der Waals surface area contributed by atoms with Gasteiger partial charge in [-0.3, -0.25) is 0 Å². The summed E-state index contributed by atoms with van der Waals surface area (Å²) in [6.07, 6.45) is 0.975. The molecule has 0 aliphatic carbocycles. The summed E-state index contributed by atoms with van der Waals surface area (Å²) in [5.41, 5.74) is 4.92. The van der Waals surface area contributed by atoms with Crippen molar-refractivity contribution in [2.75, 3.05) is 7.05 Å². The number of thiazole rings is 1. The topological polar surface area (TPSA) is 24.9 Å². The van der Waals surface area contributed by atoms with Crippen LogP contribution in [-0.4, -0.2) is 12.0 Å². The van der Waals surface area contributed by atoms with Gasteiger partial charge in [0.1, 0.15) is 5.01 Å². The van der Waals surface area contributed by atoms with E-state index >= 15 is 0 Å². The van der Waals surface area contributed by atoms with E-state index in [1.54, 1.807) is 11.3 Å². The highest BCUT2D eigenvalue weighted by Gasteiger charge is 2.04. The molecule has 1 N–H and O–H groups in total. The highest BCUT2D eigenvalue weighted by molar-refractivity contribution is 7.09. The lowest BCUT2D eigenvalue weighted by Crippen LogP contribution is -2.04. The molecule has 21 heavy (non-hydrogen) atoms. The van der Waals surface area contributed by atoms with Gasteiger partial charge < -0.3 is 5.32 Å². The van der Waals surface area contributed by atoms with Crippen LogP contribution in [0.5, 0.6) is 0 Å². The lowest BCUT2D eigenvalue weighted by Gasteiger charge is -2.03. The van der Waals surface area contributed by atoms with Crippen LogP contribution in [-0.2, 0) is 13.0 Å². The Morgan fingerprint density at radius 2 is 1.67 bits per heavy atom. The number of nitrogens with zero attached hydrogens (tertiary/aromatic N) is 1. The monoisotopic (exact) mass is 294 g/mol. The summed E-state index contributed by atoms with van der Waals surface area (Å²) >= 11 is 1.70. The molecule has 1 heterocycles. The van der Waals surface area contributed by atoms with Crippen LogP contribution in [0.2, 0.25) is 0 Å². The van der Waals surface area contributed by atoms with Crippen molar-refractivity contribution in [1.82, 2.24) is 10.3 Å². The predicted molar refractivity (Wildman–Crippen MR) is 89.6 cm³/mol. The lowest BCUT2D eigenvalue weighted by atomic mass is 10.0. The molecule has 0 saturated heterocycles. The Morgan fingerprint density at radius 3 is 2.38 bits per heavy atom. The second-order valence-corrected chi connectivity index (χ2v) is 5.96. The minimum absolute atomic E-state index is 0.830. The molecule has 3 rings (SSSR count). The van der Waals surface area contributed by atoms with Gasteiger partial charge in [-0.25, -0.2) is 4.98 Å². The molecule has 0 aliphatic rings. The highest BCUT2D eigenvalue weighted by atomic mass is 32.1. The summed E-state index contributed by atoms with van der Waals surface area (Å²) in [5.74, 6) is 0. The van der Waals surface area contributed by atoms with Crippen LogP contribution in [0.25, 0.3) is 11.3 Å². The zero-order chi connectivity index (χ0) is 14.5. The fourth-order valence-electron chi connectivity index (χ4n) is 2.30. The van der Waals surface area contributed by atoms with Gasteiger partial charge in [0.2, 0.25) is 0 Å². The van der Waals surface area contributed by atoms with Crippen molar-refractivity contribution in [1.29, 1.82) is 0 Å². The summed E-state index contributed by atoms with van der Waals surface area (Å²) in [5, 5.41) is 6.38. The molecule has 0 radical (unpaired) electrons. The van der Waals surface area contributed by atoms with Gasteiger partial charge in [0.25, 0.3) is 0 Å². The quantitative estimate of drug-likeness (QED) is 0.765. The first-order chi connectivity index (χ1) is 10.3. The van der Waals surface area contributed by atoms with E-state index in [0.717, 1.165) is 23.7 Å². The van der Waals surface area contributed by atoms with Crippen LogP contribution < -0.4 is 5.32 Å². The maximum atomic E-state index is 4.64. The second kappa shape index (κ2) is 6.66. The zero-order valence-corrected chi connectivity index (χ0v) is 12.9. The van der Waals surface area contributed by atoms with Crippen molar-refractivity contribution < 1.29 is 0 Å². The van der Waals surface area contributed by atoms with Gasteiger partial charge in [-0.15, -0.1) is 11.3 Å². The van der Waals surface area contributed by atoms with Gasteiger partial charge in [-0.2, -0.15) is 0 Å². The molecule has 0 unspecified atom stereocenters. The van der Waals surface area contributed by atoms with E-state index in [-0.39, 0.29) is 0 Å². The lowest BCUT2D eigenvalue weighted by molar-refractivity contribution is 0.811. The van der Waals surface area contributed by atoms with Crippen LogP contribution in [0.1, 0.15) is 16.1 Å². The van der Waals surface area contributed by atoms with E-state index in [0.29, 0.717) is 0 Å². The van der Waals surface area contributed by atoms with E-state index < -0.39 is 0 Å². The molecule has 0 spiro atoms. The van der Waals surface area contributed by atoms with Crippen molar-refractivity contribution in [3.05, 3.63) is 76.1 Å². The van der Waals surface area contributed by atoms with Crippen molar-refractivity contribution in [3.63, 3.8) is 0 Å². The molecular formula is C18H18N2S. The summed E-state index contributed by atoms with van der Waals surface area (Å²) < 4.78 is 0. The molecule has 0 aliphatic heterocycles. The van der Waals surface area contributed by atoms with Gasteiger partial charge in [0.05, 0.1) is 5.69 Å². The molecular weight excluding hydrogens is 276 g/mol. The minimum Gasteiger partial charge on any atom is -0.314 e. The Kier molecular flexibility index (Phi) is 4.43. The average Bonchev–Trinajstić information content (AvgIpc) is 2.98. The predicted octanol–water partition coefficient (Wildman–Crippen LogP) is 4.12. The molecule has 3 aromatic rings. The number of rotatable bonds is 5. The van der Waals surface area contributed by atoms with Crippen LogP contribution in [0, 0.1) is 0 Å². The van der Waals surface area contributed by atoms with Crippen molar-refractivity contribution in [3.8, 4) is 11.3 Å². The summed E-state index contributed by atoms with van der Waals surface area (Å²) in [6.45, 7) is 0.830. The highest BCUT2D eigenvalue weighted by Crippen LogP contribution is 2.23. The Bertz CT molecular complexity index is 687. The molecule has 0 amide bonds. The summed E-state index contributed by atoms with van der Waals surface area (Å²) in [6, 6.07) is 19.3. The van der Waals surface area contributed by atoms with Crippen LogP contribution >= 0.6 is 11.3 Å². The molecule has 2 aromatic carbocycles. The van der Waals surface area contributed by atoms with Crippen LogP contribution in [0.3, 0.4) is 0 Å². The molecule has 0 fully saturated rings. The summed E-state index contributed by atoms with van der Waals surface area (Å²) in [7, 11) is 1.94. The van der Waals surface area contributed by atoms with E-state index in [1.165, 1.54) is 16.7 Å². The first-order valence-electron chi connectivity index (χ1n) is 7.07. The van der Waals surface area contributed by atoms with Gasteiger partial charge in [0, 0.05) is 17.5 Å². The van der Waals surface area contributed by atoms with Gasteiger partial charge in [-0.1, -0.05) is 54.6 Å². The van der Waals surface area contributed by atoms with E-state index in [4.69, 9.17) is 0 Å². The molecule has 106 valence electrons. The van der Waals surface area contributed by atoms with Gasteiger partial charge in [-0.05, 0) is 24.6 Å². The SMILES string of the molecule is CNCc1nc(-c2ccc(Cc3ccccc3)cc2)cs1. The van der Waals surface area contributed by atoms with Crippen LogP contribution in [0.15, 0.2) is 60.0 Å². The number of aromatic nitrogens is 1. The van der Waals surface area contributed by atoms with E-state index in [1.807, 2.05) is 7.05 Å². The average molecular weight is 294 g/mol. The maximum absolute atomic E-state index is 4.64. The largest absolute Gasteiger partial charge is 0.314 e. The second-order valence-electron chi connectivity index (χ2n) is 5.02. The van der Waals surface area contributed by atoms with Crippen molar-refractivity contribution in [2.45, 2.75) is 13.0 Å². The molecule has 1 aromatic heterocycles. The third-order valence-corrected chi connectivity index (χ3v) is 4.23. The third-order valence-electron chi connectivity index (χ3n) is 3.38. The number of hydrogen-bond acceptors (Lipinski definition) is 3. The first-order valence-corrected chi connectivity index (χ1v) is 7.95. The molecule has 2 nitrogen and oxygen atoms in total. The van der Waals surface area contributed by atoms with Crippen molar-refractivity contribution in [2.24, 2.45) is 0 Å². The fraction of sp³-hybridized carbons (Fsp3) is 0.167. The number of hydrogen-bond donors (Lipinski definition) is 1. The normalized spacial score (nSPS) is 10.7. The van der Waals surface area contributed by atoms with Gasteiger partial charge >= 0.3 is 0 Å². The standard InChI is InChI=1S/C18H18N2S/c1-19-12-18-20-17(13-21-18)16-9-7-15(8-10-16)11-14-5-3-2-4-6-14/h2-10,13,19H,11-12H2,1H3. The molecule has 0 atom stereocenters. The van der Waals surface area contributed by atoms with E-state index in [2.05, 4.69) is 70.3 Å². The molecule has 0 saturated carbocycles.